The Balaban J connectivity index is 3.17. The summed E-state index contributed by atoms with van der Waals surface area (Å²) in [6.45, 7) is 4.16. The average molecular weight is 180 g/mol. The molecule has 0 radical (unpaired) electrons. The summed E-state index contributed by atoms with van der Waals surface area (Å²) in [7, 11) is 3.36. The van der Waals surface area contributed by atoms with E-state index in [9.17, 15) is 0 Å². The van der Waals surface area contributed by atoms with Gasteiger partial charge < -0.3 is 11.5 Å². The maximum absolute atomic E-state index is 5.66. The molecule has 4 heteroatoms. The highest BCUT2D eigenvalue weighted by molar-refractivity contribution is 8.77. The molecule has 0 saturated heterocycles. The van der Waals surface area contributed by atoms with E-state index in [1.54, 1.807) is 21.6 Å². The van der Waals surface area contributed by atoms with Crippen LogP contribution in [0.5, 0.6) is 0 Å². The summed E-state index contributed by atoms with van der Waals surface area (Å²) in [4.78, 5) is 0. The highest BCUT2D eigenvalue weighted by atomic mass is 33.1. The summed E-state index contributed by atoms with van der Waals surface area (Å²) in [5.74, 6) is 0. The fraction of sp³-hybridized carbons (Fsp3) is 1.00. The topological polar surface area (TPSA) is 52.0 Å². The van der Waals surface area contributed by atoms with Crippen LogP contribution in [0.1, 0.15) is 26.7 Å². The predicted octanol–water partition coefficient (Wildman–Crippen LogP) is 1.76. The van der Waals surface area contributed by atoms with Crippen molar-refractivity contribution in [2.24, 2.45) is 11.5 Å². The fourth-order valence-electron chi connectivity index (χ4n) is 0.279. The molecule has 0 aliphatic carbocycles. The molecule has 62 valence electrons. The quantitative estimate of drug-likeness (QED) is 0.500. The zero-order valence-corrected chi connectivity index (χ0v) is 8.17. The van der Waals surface area contributed by atoms with E-state index in [4.69, 9.17) is 11.5 Å². The minimum Gasteiger partial charge on any atom is -0.319 e. The van der Waals surface area contributed by atoms with Gasteiger partial charge in [0.2, 0.25) is 0 Å². The highest BCUT2D eigenvalue weighted by Gasteiger charge is 2.03. The van der Waals surface area contributed by atoms with E-state index in [1.807, 2.05) is 0 Å². The minimum atomic E-state index is 0.239. The lowest BCUT2D eigenvalue weighted by atomic mass is 10.5. The molecule has 0 aliphatic rings. The second-order valence-corrected chi connectivity index (χ2v) is 4.84. The Bertz CT molecular complexity index is 70.1. The van der Waals surface area contributed by atoms with Crippen molar-refractivity contribution in [3.63, 3.8) is 0 Å². The predicted molar refractivity (Wildman–Crippen MR) is 51.7 cm³/mol. The van der Waals surface area contributed by atoms with Crippen LogP contribution < -0.4 is 11.5 Å². The zero-order valence-electron chi connectivity index (χ0n) is 6.54. The summed E-state index contributed by atoms with van der Waals surface area (Å²) in [5.41, 5.74) is 11.3. The molecule has 4 N–H and O–H groups in total. The first kappa shape index (κ1) is 10.6. The molecule has 0 heterocycles. The summed E-state index contributed by atoms with van der Waals surface area (Å²) in [6.07, 6.45) is 2.02. The molecule has 0 aromatic carbocycles. The summed E-state index contributed by atoms with van der Waals surface area (Å²) in [6, 6.07) is 0. The Kier molecular flexibility index (Phi) is 6.73. The minimum absolute atomic E-state index is 0.239. The fourth-order valence-corrected chi connectivity index (χ4v) is 2.51. The monoisotopic (exact) mass is 180 g/mol. The van der Waals surface area contributed by atoms with Gasteiger partial charge in [-0.25, -0.2) is 0 Å². The number of nitrogens with two attached hydrogens (primary N) is 2. The largest absolute Gasteiger partial charge is 0.319 e. The van der Waals surface area contributed by atoms with Crippen LogP contribution in [0.4, 0.5) is 0 Å². The van der Waals surface area contributed by atoms with Gasteiger partial charge in [0.1, 0.15) is 0 Å². The molecular weight excluding hydrogens is 164 g/mol. The lowest BCUT2D eigenvalue weighted by molar-refractivity contribution is 0.867. The molecule has 0 aliphatic heterocycles. The van der Waals surface area contributed by atoms with Gasteiger partial charge >= 0.3 is 0 Å². The lowest BCUT2D eigenvalue weighted by Gasteiger charge is -2.10. The van der Waals surface area contributed by atoms with Crippen molar-refractivity contribution in [3.8, 4) is 0 Å². The van der Waals surface area contributed by atoms with Gasteiger partial charge in [-0.3, -0.25) is 0 Å². The van der Waals surface area contributed by atoms with Crippen molar-refractivity contribution in [1.82, 2.24) is 0 Å². The Morgan fingerprint density at radius 1 is 1.00 bits per heavy atom. The SMILES string of the molecule is CCC(N)SSC(N)CC. The molecule has 0 saturated carbocycles. The van der Waals surface area contributed by atoms with Crippen molar-refractivity contribution in [2.75, 3.05) is 0 Å². The van der Waals surface area contributed by atoms with Crippen molar-refractivity contribution >= 4 is 21.6 Å². The molecular formula is C6H16N2S2. The van der Waals surface area contributed by atoms with Crippen LogP contribution in [0.15, 0.2) is 0 Å². The van der Waals surface area contributed by atoms with Crippen LogP contribution >= 0.6 is 21.6 Å². The molecule has 2 unspecified atom stereocenters. The second kappa shape index (κ2) is 6.34. The molecule has 10 heavy (non-hydrogen) atoms. The normalized spacial score (nSPS) is 16.8. The van der Waals surface area contributed by atoms with Gasteiger partial charge in [-0.1, -0.05) is 35.4 Å². The summed E-state index contributed by atoms with van der Waals surface area (Å²) in [5, 5.41) is 0.477. The first-order valence-corrected chi connectivity index (χ1v) is 5.81. The Morgan fingerprint density at radius 2 is 1.30 bits per heavy atom. The smallest absolute Gasteiger partial charge is 0.0609 e. The van der Waals surface area contributed by atoms with Gasteiger partial charge in [0.25, 0.3) is 0 Å². The third-order valence-electron chi connectivity index (χ3n) is 1.11. The van der Waals surface area contributed by atoms with Gasteiger partial charge in [-0.05, 0) is 12.8 Å². The van der Waals surface area contributed by atoms with Crippen LogP contribution in [-0.2, 0) is 0 Å². The molecule has 0 spiro atoms. The second-order valence-electron chi connectivity index (χ2n) is 2.09. The molecule has 0 rings (SSSR count). The standard InChI is InChI=1S/C6H16N2S2/c1-3-5(7)9-10-6(8)4-2/h5-6H,3-4,7-8H2,1-2H3. The first-order chi connectivity index (χ1) is 4.70. The summed E-state index contributed by atoms with van der Waals surface area (Å²) < 4.78 is 0. The van der Waals surface area contributed by atoms with E-state index in [1.165, 1.54) is 0 Å². The molecule has 2 atom stereocenters. The number of hydrogen-bond acceptors (Lipinski definition) is 4. The first-order valence-electron chi connectivity index (χ1n) is 3.54. The average Bonchev–Trinajstić information content (AvgIpc) is 1.99. The molecule has 0 amide bonds. The molecule has 0 fully saturated rings. The van der Waals surface area contributed by atoms with Crippen molar-refractivity contribution < 1.29 is 0 Å². The van der Waals surface area contributed by atoms with Crippen LogP contribution in [0.3, 0.4) is 0 Å². The van der Waals surface area contributed by atoms with Gasteiger partial charge in [-0.15, -0.1) is 0 Å². The van der Waals surface area contributed by atoms with Crippen LogP contribution in [0, 0.1) is 0 Å². The molecule has 0 bridgehead atoms. The zero-order chi connectivity index (χ0) is 7.98. The van der Waals surface area contributed by atoms with E-state index in [0.717, 1.165) is 12.8 Å². The van der Waals surface area contributed by atoms with Crippen LogP contribution in [-0.4, -0.2) is 10.7 Å². The van der Waals surface area contributed by atoms with Gasteiger partial charge in [0, 0.05) is 0 Å². The van der Waals surface area contributed by atoms with Crippen molar-refractivity contribution in [3.05, 3.63) is 0 Å². The third kappa shape index (κ3) is 5.41. The van der Waals surface area contributed by atoms with E-state index < -0.39 is 0 Å². The number of rotatable bonds is 5. The number of hydrogen-bond donors (Lipinski definition) is 2. The molecule has 2 nitrogen and oxygen atoms in total. The van der Waals surface area contributed by atoms with Gasteiger partial charge in [0.15, 0.2) is 0 Å². The van der Waals surface area contributed by atoms with Crippen LogP contribution in [0.25, 0.3) is 0 Å². The van der Waals surface area contributed by atoms with E-state index >= 15 is 0 Å². The van der Waals surface area contributed by atoms with Gasteiger partial charge in [0.05, 0.1) is 10.7 Å². The lowest BCUT2D eigenvalue weighted by Crippen LogP contribution is -2.16. The Hall–Kier alpha value is 0.620. The third-order valence-corrected chi connectivity index (χ3v) is 4.20. The molecule has 0 aromatic heterocycles. The van der Waals surface area contributed by atoms with E-state index in [2.05, 4.69) is 13.8 Å². The van der Waals surface area contributed by atoms with E-state index in [-0.39, 0.29) is 10.7 Å². The summed E-state index contributed by atoms with van der Waals surface area (Å²) >= 11 is 0. The Labute approximate surface area is 70.9 Å². The van der Waals surface area contributed by atoms with Crippen molar-refractivity contribution in [2.45, 2.75) is 37.4 Å². The van der Waals surface area contributed by atoms with Crippen molar-refractivity contribution in [1.29, 1.82) is 0 Å². The molecule has 0 aromatic rings. The Morgan fingerprint density at radius 3 is 1.50 bits per heavy atom. The maximum atomic E-state index is 5.66. The maximum Gasteiger partial charge on any atom is 0.0609 e. The van der Waals surface area contributed by atoms with Gasteiger partial charge in [-0.2, -0.15) is 0 Å². The van der Waals surface area contributed by atoms with E-state index in [0.29, 0.717) is 0 Å². The highest BCUT2D eigenvalue weighted by Crippen LogP contribution is 2.28. The van der Waals surface area contributed by atoms with Crippen LogP contribution in [0.2, 0.25) is 0 Å².